The molecular weight excluding hydrogens is 416 g/mol. The smallest absolute Gasteiger partial charge is 0.270 e. The lowest BCUT2D eigenvalue weighted by Crippen LogP contribution is -2.54. The first-order valence-electron chi connectivity index (χ1n) is 8.56. The molecule has 0 aliphatic carbocycles. The van der Waals surface area contributed by atoms with Gasteiger partial charge in [0.05, 0.1) is 24.4 Å². The third kappa shape index (κ3) is 4.18. The van der Waals surface area contributed by atoms with Crippen LogP contribution in [0, 0.1) is 0 Å². The molecule has 1 aliphatic heterocycles. The van der Waals surface area contributed by atoms with Gasteiger partial charge >= 0.3 is 0 Å². The Morgan fingerprint density at radius 1 is 1.28 bits per heavy atom. The monoisotopic (exact) mass is 432 g/mol. The second-order valence-electron chi connectivity index (χ2n) is 5.94. The molecule has 1 saturated heterocycles. The fraction of sp³-hybridized carbons (Fsp3) is 0.150. The van der Waals surface area contributed by atoms with E-state index in [0.29, 0.717) is 23.6 Å². The van der Waals surface area contributed by atoms with E-state index >= 15 is 0 Å². The molecule has 0 bridgehead atoms. The summed E-state index contributed by atoms with van der Waals surface area (Å²) in [7, 11) is 1.37. The van der Waals surface area contributed by atoms with E-state index in [2.05, 4.69) is 5.32 Å². The standard InChI is InChI=1S/C20H17ClN2O5S/c1-3-28-13-6-4-5-12(10-13)23-19(26)14(18(25)22-20(23)29)7-11-8-15(21)17(24)16(9-11)27-2/h4-10,24H,3H2,1-2H3,(H,22,25,29)/b14-7-. The average molecular weight is 433 g/mol. The largest absolute Gasteiger partial charge is 0.503 e. The lowest BCUT2D eigenvalue weighted by molar-refractivity contribution is -0.122. The topological polar surface area (TPSA) is 88.1 Å². The predicted molar refractivity (Wildman–Crippen MR) is 113 cm³/mol. The lowest BCUT2D eigenvalue weighted by Gasteiger charge is -2.29. The Labute approximate surface area is 177 Å². The molecule has 150 valence electrons. The van der Waals surface area contributed by atoms with Crippen LogP contribution in [-0.4, -0.2) is 35.8 Å². The van der Waals surface area contributed by atoms with Crippen molar-refractivity contribution in [2.24, 2.45) is 0 Å². The summed E-state index contributed by atoms with van der Waals surface area (Å²) in [6.07, 6.45) is 1.35. The molecule has 1 fully saturated rings. The van der Waals surface area contributed by atoms with Crippen molar-refractivity contribution in [1.29, 1.82) is 0 Å². The Morgan fingerprint density at radius 3 is 2.72 bits per heavy atom. The Hall–Kier alpha value is -3.10. The molecule has 2 aromatic rings. The molecule has 3 rings (SSSR count). The van der Waals surface area contributed by atoms with E-state index in [0.717, 1.165) is 0 Å². The van der Waals surface area contributed by atoms with Gasteiger partial charge in [0.1, 0.15) is 11.3 Å². The van der Waals surface area contributed by atoms with Crippen LogP contribution in [0.1, 0.15) is 12.5 Å². The van der Waals surface area contributed by atoms with Crippen LogP contribution in [0.3, 0.4) is 0 Å². The number of amides is 2. The normalized spacial score (nSPS) is 15.5. The first-order chi connectivity index (χ1) is 13.8. The van der Waals surface area contributed by atoms with Crippen LogP contribution in [0.15, 0.2) is 42.0 Å². The van der Waals surface area contributed by atoms with Crippen molar-refractivity contribution in [3.05, 3.63) is 52.6 Å². The number of carbonyl (C=O) groups is 2. The van der Waals surface area contributed by atoms with Gasteiger partial charge in [0, 0.05) is 6.07 Å². The van der Waals surface area contributed by atoms with Crippen molar-refractivity contribution in [3.8, 4) is 17.2 Å². The zero-order valence-electron chi connectivity index (χ0n) is 15.6. The van der Waals surface area contributed by atoms with E-state index in [1.807, 2.05) is 6.92 Å². The molecule has 0 saturated carbocycles. The second kappa shape index (κ2) is 8.50. The summed E-state index contributed by atoms with van der Waals surface area (Å²) in [4.78, 5) is 26.7. The summed E-state index contributed by atoms with van der Waals surface area (Å²) < 4.78 is 10.5. The number of phenols is 1. The number of methoxy groups -OCH3 is 1. The van der Waals surface area contributed by atoms with Gasteiger partial charge in [-0.15, -0.1) is 0 Å². The van der Waals surface area contributed by atoms with Gasteiger partial charge in [0.2, 0.25) is 0 Å². The minimum atomic E-state index is -0.639. The summed E-state index contributed by atoms with van der Waals surface area (Å²) in [6.45, 7) is 2.31. The number of carbonyl (C=O) groups excluding carboxylic acids is 2. The second-order valence-corrected chi connectivity index (χ2v) is 6.74. The number of nitrogens with one attached hydrogen (secondary N) is 1. The Kier molecular flexibility index (Phi) is 6.05. The highest BCUT2D eigenvalue weighted by Crippen LogP contribution is 2.36. The number of ether oxygens (including phenoxy) is 2. The molecule has 0 radical (unpaired) electrons. The molecule has 0 unspecified atom stereocenters. The summed E-state index contributed by atoms with van der Waals surface area (Å²) in [5.41, 5.74) is 0.710. The predicted octanol–water partition coefficient (Wildman–Crippen LogP) is 3.28. The number of benzene rings is 2. The fourth-order valence-corrected chi connectivity index (χ4v) is 3.27. The zero-order valence-corrected chi connectivity index (χ0v) is 17.1. The molecule has 0 spiro atoms. The van der Waals surface area contributed by atoms with E-state index in [4.69, 9.17) is 33.3 Å². The maximum atomic E-state index is 13.1. The van der Waals surface area contributed by atoms with Crippen molar-refractivity contribution in [2.45, 2.75) is 6.92 Å². The number of aromatic hydroxyl groups is 1. The zero-order chi connectivity index (χ0) is 21.1. The quantitative estimate of drug-likeness (QED) is 0.428. The van der Waals surface area contributed by atoms with Crippen molar-refractivity contribution in [1.82, 2.24) is 5.32 Å². The lowest BCUT2D eigenvalue weighted by atomic mass is 10.1. The highest BCUT2D eigenvalue weighted by Gasteiger charge is 2.34. The van der Waals surface area contributed by atoms with Crippen LogP contribution in [0.25, 0.3) is 6.08 Å². The molecule has 2 amide bonds. The Bertz CT molecular complexity index is 1040. The molecule has 9 heteroatoms. The van der Waals surface area contributed by atoms with Crippen LogP contribution in [0.2, 0.25) is 5.02 Å². The van der Waals surface area contributed by atoms with Gasteiger partial charge in [-0.05, 0) is 55.0 Å². The number of halogens is 1. The number of rotatable bonds is 5. The third-order valence-corrected chi connectivity index (χ3v) is 4.64. The van der Waals surface area contributed by atoms with Gasteiger partial charge < -0.3 is 14.6 Å². The van der Waals surface area contributed by atoms with Gasteiger partial charge in [-0.3, -0.25) is 19.8 Å². The molecule has 2 aromatic carbocycles. The van der Waals surface area contributed by atoms with Crippen LogP contribution in [-0.2, 0) is 9.59 Å². The molecular formula is C20H17ClN2O5S. The van der Waals surface area contributed by atoms with Crippen LogP contribution < -0.4 is 19.7 Å². The molecule has 0 atom stereocenters. The van der Waals surface area contributed by atoms with Crippen molar-refractivity contribution in [2.75, 3.05) is 18.6 Å². The van der Waals surface area contributed by atoms with Crippen molar-refractivity contribution >= 4 is 52.5 Å². The van der Waals surface area contributed by atoms with Crippen LogP contribution in [0.5, 0.6) is 17.2 Å². The third-order valence-electron chi connectivity index (χ3n) is 4.07. The number of hydrogen-bond acceptors (Lipinski definition) is 6. The first-order valence-corrected chi connectivity index (χ1v) is 9.35. The minimum absolute atomic E-state index is 0.0247. The summed E-state index contributed by atoms with van der Waals surface area (Å²) in [6, 6.07) is 9.69. The van der Waals surface area contributed by atoms with E-state index in [1.165, 1.54) is 30.2 Å². The maximum Gasteiger partial charge on any atom is 0.270 e. The minimum Gasteiger partial charge on any atom is -0.503 e. The van der Waals surface area contributed by atoms with Crippen LogP contribution in [0.4, 0.5) is 5.69 Å². The number of hydrogen-bond donors (Lipinski definition) is 2. The number of nitrogens with zero attached hydrogens (tertiary/aromatic N) is 1. The van der Waals surface area contributed by atoms with E-state index in [9.17, 15) is 14.7 Å². The van der Waals surface area contributed by atoms with Crippen LogP contribution >= 0.6 is 23.8 Å². The van der Waals surface area contributed by atoms with Gasteiger partial charge in [0.25, 0.3) is 11.8 Å². The molecule has 2 N–H and O–H groups in total. The van der Waals surface area contributed by atoms with E-state index in [-0.39, 0.29) is 27.2 Å². The first kappa shape index (κ1) is 20.6. The Morgan fingerprint density at radius 2 is 2.03 bits per heavy atom. The maximum absolute atomic E-state index is 13.1. The summed E-state index contributed by atoms with van der Waals surface area (Å²) >= 11 is 11.2. The molecule has 1 heterocycles. The molecule has 1 aliphatic rings. The molecule has 29 heavy (non-hydrogen) atoms. The summed E-state index contributed by atoms with van der Waals surface area (Å²) in [5.74, 6) is -0.787. The van der Waals surface area contributed by atoms with Crippen molar-refractivity contribution in [3.63, 3.8) is 0 Å². The van der Waals surface area contributed by atoms with Gasteiger partial charge in [-0.25, -0.2) is 0 Å². The SMILES string of the molecule is CCOc1cccc(N2C(=O)/C(=C\c3cc(Cl)c(O)c(OC)c3)C(=O)NC2=S)c1. The van der Waals surface area contributed by atoms with E-state index in [1.54, 1.807) is 24.3 Å². The number of anilines is 1. The van der Waals surface area contributed by atoms with Gasteiger partial charge in [-0.1, -0.05) is 17.7 Å². The average Bonchev–Trinajstić information content (AvgIpc) is 2.68. The van der Waals surface area contributed by atoms with Crippen molar-refractivity contribution < 1.29 is 24.2 Å². The Balaban J connectivity index is 2.02. The fourth-order valence-electron chi connectivity index (χ4n) is 2.77. The molecule has 7 nitrogen and oxygen atoms in total. The number of phenolic OH excluding ortho intramolecular Hbond substituents is 1. The highest BCUT2D eigenvalue weighted by atomic mass is 35.5. The highest BCUT2D eigenvalue weighted by molar-refractivity contribution is 7.80. The van der Waals surface area contributed by atoms with Gasteiger partial charge in [-0.2, -0.15) is 0 Å². The van der Waals surface area contributed by atoms with Gasteiger partial charge in [0.15, 0.2) is 16.6 Å². The molecule has 0 aromatic heterocycles. The summed E-state index contributed by atoms with van der Waals surface area (Å²) in [5, 5.41) is 12.4. The van der Waals surface area contributed by atoms with E-state index < -0.39 is 11.8 Å². The number of thiocarbonyl (C=S) groups is 1.